The van der Waals surface area contributed by atoms with Gasteiger partial charge < -0.3 is 26.5 Å². The second-order valence-electron chi connectivity index (χ2n) is 19.2. The first-order valence-corrected chi connectivity index (χ1v) is 28.9. The van der Waals surface area contributed by atoms with Crippen molar-refractivity contribution in [1.82, 2.24) is 13.7 Å². The van der Waals surface area contributed by atoms with Gasteiger partial charge in [0.1, 0.15) is 47.7 Å². The summed E-state index contributed by atoms with van der Waals surface area (Å²) in [5.74, 6) is 4.86. The minimum atomic E-state index is -1.38. The van der Waals surface area contributed by atoms with Crippen molar-refractivity contribution in [2.75, 3.05) is 0 Å². The molecule has 0 N–H and O–H groups in total. The molecule has 0 fully saturated rings. The van der Waals surface area contributed by atoms with Gasteiger partial charge in [0, 0.05) is 74.8 Å². The number of hydrogen-bond acceptors (Lipinski definition) is 0. The van der Waals surface area contributed by atoms with Gasteiger partial charge in [-0.05, 0) is 90.3 Å². The molecule has 0 aliphatic carbocycles. The van der Waals surface area contributed by atoms with Gasteiger partial charge in [-0.3, -0.25) is 11.8 Å². The van der Waals surface area contributed by atoms with Crippen LogP contribution in [0.15, 0.2) is 273 Å². The van der Waals surface area contributed by atoms with E-state index in [0.717, 1.165) is 16.6 Å². The Balaban J connectivity index is 0.000000168. The molecule has 0 bridgehead atoms. The van der Waals surface area contributed by atoms with Gasteiger partial charge in [-0.25, -0.2) is 0 Å². The fourth-order valence-electron chi connectivity index (χ4n) is 11.1. The van der Waals surface area contributed by atoms with Crippen LogP contribution >= 0.6 is 15.8 Å². The van der Waals surface area contributed by atoms with Gasteiger partial charge in [0.15, 0.2) is 0 Å². The molecule has 0 saturated heterocycles. The summed E-state index contributed by atoms with van der Waals surface area (Å²) in [5, 5.41) is 16.1. The van der Waals surface area contributed by atoms with Crippen LogP contribution in [0.25, 0.3) is 71.1 Å². The normalized spacial score (nSPS) is 10.9. The molecule has 7 heteroatoms. The van der Waals surface area contributed by atoms with Crippen molar-refractivity contribution in [3.63, 3.8) is 0 Å². The molecule has 11 aromatic carbocycles. The third kappa shape index (κ3) is 10.7. The molecule has 3 heterocycles. The number of aryl methyl sites for hydroxylation is 2. The number of fused-ring (bicyclic) bond motifs is 9. The van der Waals surface area contributed by atoms with E-state index in [1.54, 1.807) is 0 Å². The summed E-state index contributed by atoms with van der Waals surface area (Å²) in [7, 11) is 1.38. The molecule has 3 aromatic heterocycles. The zero-order valence-corrected chi connectivity index (χ0v) is 49.8. The molecule has 14 aromatic rings. The zero-order valence-electron chi connectivity index (χ0n) is 43.4. The fourth-order valence-corrected chi connectivity index (χ4v) is 17.2. The molecule has 386 valence electrons. The molecule has 0 spiro atoms. The predicted octanol–water partition coefficient (Wildman–Crippen LogP) is 14.3. The zero-order chi connectivity index (χ0) is 52.2. The number of nitrogens with zero attached hydrogens (tertiary/aromatic N) is 3. The van der Waals surface area contributed by atoms with Crippen molar-refractivity contribution in [1.29, 1.82) is 0 Å². The van der Waals surface area contributed by atoms with Crippen molar-refractivity contribution in [3.05, 3.63) is 297 Å². The second-order valence-corrected chi connectivity index (χ2v) is 24.1. The molecule has 0 amide bonds. The summed E-state index contributed by atoms with van der Waals surface area (Å²) in [6, 6.07) is 98.3. The van der Waals surface area contributed by atoms with E-state index in [2.05, 4.69) is 264 Å². The van der Waals surface area contributed by atoms with Gasteiger partial charge in [-0.1, -0.05) is 158 Å². The molecule has 0 saturated carbocycles. The maximum Gasteiger partial charge on any atom is 1.00 e. The molecule has 0 aliphatic heterocycles. The Morgan fingerprint density at radius 1 is 0.291 bits per heavy atom. The summed E-state index contributed by atoms with van der Waals surface area (Å²) >= 11 is 0. The summed E-state index contributed by atoms with van der Waals surface area (Å²) in [6.07, 6.45) is 14.3. The number of aromatic nitrogens is 3. The molecule has 79 heavy (non-hydrogen) atoms. The summed E-state index contributed by atoms with van der Waals surface area (Å²) in [4.78, 5) is 0. The average Bonchev–Trinajstić information content (AvgIpc) is 4.21. The molecule has 0 aliphatic rings. The number of hydrogen-bond donors (Lipinski definition) is 0. The van der Waals surface area contributed by atoms with Gasteiger partial charge in [-0.2, -0.15) is 0 Å². The first-order chi connectivity index (χ1) is 38.0. The Bertz CT molecular complexity index is 4410. The van der Waals surface area contributed by atoms with Crippen LogP contribution in [0, 0.1) is 24.7 Å². The largest absolute Gasteiger partial charge is 1.00 e. The molecular formula is C72H53Au2N3P2+2. The van der Waals surface area contributed by atoms with Crippen LogP contribution in [0.5, 0.6) is 0 Å². The smallest absolute Gasteiger partial charge is 0.366 e. The number of para-hydroxylation sites is 4. The van der Waals surface area contributed by atoms with Gasteiger partial charge in [0.2, 0.25) is 0 Å². The van der Waals surface area contributed by atoms with E-state index in [1.165, 1.54) is 97.4 Å². The quantitative estimate of drug-likeness (QED) is 0.0654. The number of rotatable bonds is 7. The Morgan fingerprint density at radius 3 is 1.13 bits per heavy atom. The third-order valence-electron chi connectivity index (χ3n) is 14.7. The van der Waals surface area contributed by atoms with Crippen LogP contribution in [-0.4, -0.2) is 13.7 Å². The van der Waals surface area contributed by atoms with Crippen molar-refractivity contribution >= 4 is 113 Å². The fraction of sp³-hybridized carbons (Fsp3) is 0.0278. The van der Waals surface area contributed by atoms with E-state index in [9.17, 15) is 0 Å². The van der Waals surface area contributed by atoms with E-state index in [0.29, 0.717) is 0 Å². The Hall–Kier alpha value is -7.72. The van der Waals surface area contributed by atoms with E-state index >= 15 is 0 Å². The van der Waals surface area contributed by atoms with Crippen molar-refractivity contribution in [2.24, 2.45) is 14.1 Å². The summed E-state index contributed by atoms with van der Waals surface area (Å²) in [5.41, 5.74) is 10.1. The topological polar surface area (TPSA) is 14.8 Å². The molecule has 3 nitrogen and oxygen atoms in total. The van der Waals surface area contributed by atoms with E-state index in [-0.39, 0.29) is 44.8 Å². The van der Waals surface area contributed by atoms with Gasteiger partial charge >= 0.3 is 44.8 Å². The van der Waals surface area contributed by atoms with Crippen LogP contribution in [0.4, 0.5) is 0 Å². The first-order valence-electron chi connectivity index (χ1n) is 25.9. The Labute approximate surface area is 496 Å². The van der Waals surface area contributed by atoms with Gasteiger partial charge in [-0.15, -0.1) is 35.4 Å². The monoisotopic (exact) mass is 1420 g/mol. The summed E-state index contributed by atoms with van der Waals surface area (Å²) in [6.45, 7) is 0. The van der Waals surface area contributed by atoms with Crippen molar-refractivity contribution < 1.29 is 44.8 Å². The molecular weight excluding hydrogens is 1360 g/mol. The van der Waals surface area contributed by atoms with Crippen molar-refractivity contribution in [2.45, 2.75) is 0 Å². The van der Waals surface area contributed by atoms with Crippen LogP contribution < -0.4 is 31.8 Å². The Kier molecular flexibility index (Phi) is 17.0. The van der Waals surface area contributed by atoms with E-state index < -0.39 is 15.8 Å². The third-order valence-corrected chi connectivity index (χ3v) is 20.5. The minimum Gasteiger partial charge on any atom is -0.366 e. The Morgan fingerprint density at radius 2 is 0.633 bits per heavy atom. The van der Waals surface area contributed by atoms with Crippen molar-refractivity contribution in [3.8, 4) is 17.5 Å². The SMILES string of the molecule is [Au+].[Au+].[C-]#Cc1ccc2c(c1)c1ccccc1n2C.[C-]#Cc1ccc2c3ccccc3n(C)c2c1.c1ccc(-n2c3ccccc3c3cc([PH+](c4ccccc4)c4ccccc4)c([PH+](c4ccccc4)c4ccccc4)cc32)cc1. The molecule has 0 unspecified atom stereocenters. The van der Waals surface area contributed by atoms with E-state index in [4.69, 9.17) is 12.8 Å². The average molecular weight is 1420 g/mol. The standard InChI is InChI=1S/C42H31NP2.2C15H10N.2Au/c1-6-18-32(19-7-1)43-39-29-17-16-28-37(39)38-30-41(44(33-20-8-2-9-21-33)34-22-10-3-11-23-34)42(31-40(38)43)45(35-24-12-4-13-25-35)36-26-14-5-15-27-36;1-3-11-8-9-15-13(10-11)12-6-4-5-7-14(12)16(15)2;1-3-11-8-9-13-12-6-4-5-7-14(12)16(2)15(13)10-11;;/h1-31H;2*4-10H,2H3;;/q;2*-1;2*+1/p+2. The summed E-state index contributed by atoms with van der Waals surface area (Å²) < 4.78 is 6.80. The first kappa shape index (κ1) is 54.6. The number of benzene rings is 11. The van der Waals surface area contributed by atoms with Crippen LogP contribution in [-0.2, 0) is 58.9 Å². The maximum absolute atomic E-state index is 7.18. The van der Waals surface area contributed by atoms with Crippen LogP contribution in [0.3, 0.4) is 0 Å². The van der Waals surface area contributed by atoms with Gasteiger partial charge in [0.05, 0.1) is 11.0 Å². The van der Waals surface area contributed by atoms with Crippen LogP contribution in [0.1, 0.15) is 11.1 Å². The molecule has 0 atom stereocenters. The van der Waals surface area contributed by atoms with Gasteiger partial charge in [0.25, 0.3) is 0 Å². The maximum atomic E-state index is 7.18. The van der Waals surface area contributed by atoms with Crippen LogP contribution in [0.2, 0.25) is 0 Å². The molecule has 0 radical (unpaired) electrons. The predicted molar refractivity (Wildman–Crippen MR) is 334 cm³/mol. The van der Waals surface area contributed by atoms with E-state index in [1.807, 2.05) is 48.5 Å². The minimum absolute atomic E-state index is 0. The second kappa shape index (κ2) is 24.5. The molecule has 14 rings (SSSR count).